The van der Waals surface area contributed by atoms with Gasteiger partial charge in [0.05, 0.1) is 5.56 Å². The molecule has 0 atom stereocenters. The van der Waals surface area contributed by atoms with Crippen molar-refractivity contribution in [3.05, 3.63) is 59.3 Å². The monoisotopic (exact) mass is 265 g/mol. The van der Waals surface area contributed by atoms with E-state index in [9.17, 15) is 4.79 Å². The van der Waals surface area contributed by atoms with Gasteiger partial charge in [0.1, 0.15) is 11.9 Å². The molecule has 100 valence electrons. The van der Waals surface area contributed by atoms with E-state index in [1.807, 2.05) is 18.2 Å². The Hall–Kier alpha value is -2.67. The van der Waals surface area contributed by atoms with E-state index in [1.54, 1.807) is 24.3 Å². The molecule has 2 aromatic rings. The predicted octanol–water partition coefficient (Wildman–Crippen LogP) is 3.33. The smallest absolute Gasteiger partial charge is 0.256 e. The number of pyridine rings is 1. The zero-order valence-corrected chi connectivity index (χ0v) is 11.4. The molecular weight excluding hydrogens is 250 g/mol. The van der Waals surface area contributed by atoms with Gasteiger partial charge < -0.3 is 5.32 Å². The van der Waals surface area contributed by atoms with Crippen molar-refractivity contribution in [3.63, 3.8) is 0 Å². The normalized spacial score (nSPS) is 10.1. The van der Waals surface area contributed by atoms with Gasteiger partial charge >= 0.3 is 0 Å². The van der Waals surface area contributed by atoms with Gasteiger partial charge in [-0.05, 0) is 35.7 Å². The summed E-state index contributed by atoms with van der Waals surface area (Å²) in [7, 11) is 0. The molecule has 0 aliphatic rings. The minimum Gasteiger partial charge on any atom is -0.307 e. The summed E-state index contributed by atoms with van der Waals surface area (Å²) in [6, 6.07) is 12.7. The van der Waals surface area contributed by atoms with Crippen molar-refractivity contribution in [2.24, 2.45) is 0 Å². The number of amides is 1. The maximum absolute atomic E-state index is 12.0. The summed E-state index contributed by atoms with van der Waals surface area (Å²) in [5, 5.41) is 11.4. The first kappa shape index (κ1) is 13.8. The van der Waals surface area contributed by atoms with Gasteiger partial charge in [-0.25, -0.2) is 4.98 Å². The number of nitrogens with zero attached hydrogens (tertiary/aromatic N) is 2. The molecule has 1 amide bonds. The standard InChI is InChI=1S/C16H15N3O/c1-11(2)13-4-6-14(7-5-13)16(20)19-15-8-3-12(9-17)10-18-15/h3-8,10-11H,1-2H3,(H,18,19,20). The van der Waals surface area contributed by atoms with Crippen LogP contribution >= 0.6 is 0 Å². The summed E-state index contributed by atoms with van der Waals surface area (Å²) in [5.74, 6) is 0.659. The molecule has 20 heavy (non-hydrogen) atoms. The summed E-state index contributed by atoms with van der Waals surface area (Å²) in [6.07, 6.45) is 1.43. The lowest BCUT2D eigenvalue weighted by atomic mass is 10.0. The molecule has 4 nitrogen and oxygen atoms in total. The first-order valence-corrected chi connectivity index (χ1v) is 6.37. The summed E-state index contributed by atoms with van der Waals surface area (Å²) in [5.41, 5.74) is 2.24. The maximum atomic E-state index is 12.0. The van der Waals surface area contributed by atoms with Crippen LogP contribution in [0.4, 0.5) is 5.82 Å². The fourth-order valence-electron chi connectivity index (χ4n) is 1.74. The fraction of sp³-hybridized carbons (Fsp3) is 0.188. The number of hydrogen-bond acceptors (Lipinski definition) is 3. The van der Waals surface area contributed by atoms with Crippen molar-refractivity contribution >= 4 is 11.7 Å². The van der Waals surface area contributed by atoms with Crippen LogP contribution in [0.25, 0.3) is 0 Å². The van der Waals surface area contributed by atoms with E-state index >= 15 is 0 Å². The highest BCUT2D eigenvalue weighted by molar-refractivity contribution is 6.03. The number of carbonyl (C=O) groups excluding carboxylic acids is 1. The number of aromatic nitrogens is 1. The number of nitriles is 1. The molecule has 1 aromatic carbocycles. The molecule has 0 saturated carbocycles. The molecule has 1 N–H and O–H groups in total. The highest BCUT2D eigenvalue weighted by atomic mass is 16.1. The Labute approximate surface area is 118 Å². The zero-order valence-electron chi connectivity index (χ0n) is 11.4. The summed E-state index contributed by atoms with van der Waals surface area (Å²) < 4.78 is 0. The Morgan fingerprint density at radius 2 is 1.90 bits per heavy atom. The molecular formula is C16H15N3O. The number of anilines is 1. The van der Waals surface area contributed by atoms with E-state index in [0.717, 1.165) is 0 Å². The molecule has 1 aromatic heterocycles. The van der Waals surface area contributed by atoms with Gasteiger partial charge in [-0.15, -0.1) is 0 Å². The van der Waals surface area contributed by atoms with Crippen molar-refractivity contribution in [1.82, 2.24) is 4.98 Å². The van der Waals surface area contributed by atoms with Gasteiger partial charge in [0.2, 0.25) is 0 Å². The average molecular weight is 265 g/mol. The first-order chi connectivity index (χ1) is 9.60. The summed E-state index contributed by atoms with van der Waals surface area (Å²) in [6.45, 7) is 4.21. The molecule has 1 heterocycles. The van der Waals surface area contributed by atoms with Crippen LogP contribution in [-0.4, -0.2) is 10.9 Å². The lowest BCUT2D eigenvalue weighted by molar-refractivity contribution is 0.102. The van der Waals surface area contributed by atoms with Gasteiger partial charge in [0, 0.05) is 11.8 Å². The van der Waals surface area contributed by atoms with Crippen molar-refractivity contribution in [2.75, 3.05) is 5.32 Å². The Morgan fingerprint density at radius 3 is 2.40 bits per heavy atom. The van der Waals surface area contributed by atoms with E-state index < -0.39 is 0 Å². The highest BCUT2D eigenvalue weighted by Gasteiger charge is 2.07. The van der Waals surface area contributed by atoms with Crippen molar-refractivity contribution < 1.29 is 4.79 Å². The predicted molar refractivity (Wildman–Crippen MR) is 77.4 cm³/mol. The topological polar surface area (TPSA) is 65.8 Å². The maximum Gasteiger partial charge on any atom is 0.256 e. The molecule has 2 rings (SSSR count). The Balaban J connectivity index is 2.09. The van der Waals surface area contributed by atoms with Gasteiger partial charge in [-0.3, -0.25) is 4.79 Å². The van der Waals surface area contributed by atoms with E-state index in [0.29, 0.717) is 22.9 Å². The summed E-state index contributed by atoms with van der Waals surface area (Å²) >= 11 is 0. The Bertz CT molecular complexity index is 637. The SMILES string of the molecule is CC(C)c1ccc(C(=O)Nc2ccc(C#N)cn2)cc1. The third-order valence-electron chi connectivity index (χ3n) is 2.97. The molecule has 0 spiro atoms. The number of benzene rings is 1. The second-order valence-corrected chi connectivity index (χ2v) is 4.77. The summed E-state index contributed by atoms with van der Waals surface area (Å²) in [4.78, 5) is 16.0. The number of carbonyl (C=O) groups is 1. The minimum absolute atomic E-state index is 0.211. The highest BCUT2D eigenvalue weighted by Crippen LogP contribution is 2.15. The first-order valence-electron chi connectivity index (χ1n) is 6.37. The van der Waals surface area contributed by atoms with Gasteiger partial charge in [0.25, 0.3) is 5.91 Å². The van der Waals surface area contributed by atoms with Crippen LogP contribution in [0.2, 0.25) is 0 Å². The van der Waals surface area contributed by atoms with E-state index in [-0.39, 0.29) is 5.91 Å². The van der Waals surface area contributed by atoms with Crippen LogP contribution in [0.3, 0.4) is 0 Å². The van der Waals surface area contributed by atoms with Crippen LogP contribution in [0, 0.1) is 11.3 Å². The number of rotatable bonds is 3. The van der Waals surface area contributed by atoms with Crippen LogP contribution in [0.15, 0.2) is 42.6 Å². The van der Waals surface area contributed by atoms with Crippen molar-refractivity contribution in [2.45, 2.75) is 19.8 Å². The van der Waals surface area contributed by atoms with Gasteiger partial charge in [-0.2, -0.15) is 5.26 Å². The lowest BCUT2D eigenvalue weighted by Gasteiger charge is -2.07. The zero-order chi connectivity index (χ0) is 14.5. The second-order valence-electron chi connectivity index (χ2n) is 4.77. The third kappa shape index (κ3) is 3.21. The molecule has 0 unspecified atom stereocenters. The van der Waals surface area contributed by atoms with Gasteiger partial charge in [-0.1, -0.05) is 26.0 Å². The fourth-order valence-corrected chi connectivity index (χ4v) is 1.74. The van der Waals surface area contributed by atoms with Crippen molar-refractivity contribution in [3.8, 4) is 6.07 Å². The molecule has 4 heteroatoms. The minimum atomic E-state index is -0.211. The Morgan fingerprint density at radius 1 is 1.20 bits per heavy atom. The molecule has 0 saturated heterocycles. The van der Waals surface area contributed by atoms with Gasteiger partial charge in [0.15, 0.2) is 0 Å². The van der Waals surface area contributed by atoms with E-state index in [4.69, 9.17) is 5.26 Å². The number of nitrogens with one attached hydrogen (secondary N) is 1. The van der Waals surface area contributed by atoms with E-state index in [1.165, 1.54) is 11.8 Å². The third-order valence-corrected chi connectivity index (χ3v) is 2.97. The molecule has 0 fully saturated rings. The molecule has 0 bridgehead atoms. The lowest BCUT2D eigenvalue weighted by Crippen LogP contribution is -2.12. The number of hydrogen-bond donors (Lipinski definition) is 1. The second kappa shape index (κ2) is 5.98. The molecule has 0 aliphatic heterocycles. The quantitative estimate of drug-likeness (QED) is 0.925. The van der Waals surface area contributed by atoms with Crippen LogP contribution in [0.1, 0.15) is 41.3 Å². The average Bonchev–Trinajstić information content (AvgIpc) is 2.48. The largest absolute Gasteiger partial charge is 0.307 e. The molecule has 0 aliphatic carbocycles. The Kier molecular flexibility index (Phi) is 4.11. The van der Waals surface area contributed by atoms with Crippen LogP contribution in [0.5, 0.6) is 0 Å². The van der Waals surface area contributed by atoms with Crippen LogP contribution in [-0.2, 0) is 0 Å². The van der Waals surface area contributed by atoms with Crippen molar-refractivity contribution in [1.29, 1.82) is 5.26 Å². The molecule has 0 radical (unpaired) electrons. The van der Waals surface area contributed by atoms with Crippen LogP contribution < -0.4 is 5.32 Å². The van der Waals surface area contributed by atoms with E-state index in [2.05, 4.69) is 24.1 Å².